The fourth-order valence-corrected chi connectivity index (χ4v) is 5.45. The van der Waals surface area contributed by atoms with E-state index in [2.05, 4.69) is 5.32 Å². The van der Waals surface area contributed by atoms with Crippen molar-refractivity contribution in [3.63, 3.8) is 0 Å². The fraction of sp³-hybridized carbons (Fsp3) is 0.381. The summed E-state index contributed by atoms with van der Waals surface area (Å²) in [4.78, 5) is 12.6. The van der Waals surface area contributed by atoms with Gasteiger partial charge in [0, 0.05) is 31.0 Å². The second kappa shape index (κ2) is 8.95. The van der Waals surface area contributed by atoms with Gasteiger partial charge in [-0.25, -0.2) is 12.8 Å². The monoisotopic (exact) mass is 484 g/mol. The van der Waals surface area contributed by atoms with E-state index in [-0.39, 0.29) is 23.7 Å². The molecule has 0 aromatic heterocycles. The second-order valence-corrected chi connectivity index (χ2v) is 9.83. The van der Waals surface area contributed by atoms with E-state index in [1.54, 1.807) is 12.1 Å². The minimum absolute atomic E-state index is 0.175. The van der Waals surface area contributed by atoms with Gasteiger partial charge in [-0.2, -0.15) is 4.31 Å². The van der Waals surface area contributed by atoms with Crippen LogP contribution in [0.5, 0.6) is 5.75 Å². The van der Waals surface area contributed by atoms with Gasteiger partial charge in [-0.1, -0.05) is 11.6 Å². The molecule has 4 rings (SSSR count). The number of hydrogen-bond donors (Lipinski definition) is 1. The third kappa shape index (κ3) is 4.46. The van der Waals surface area contributed by atoms with Crippen molar-refractivity contribution in [2.45, 2.75) is 23.5 Å². The minimum atomic E-state index is -3.94. The topological polar surface area (TPSA) is 94.2 Å². The van der Waals surface area contributed by atoms with E-state index >= 15 is 0 Å². The second-order valence-electron chi connectivity index (χ2n) is 7.45. The minimum Gasteiger partial charge on any atom is -0.495 e. The van der Waals surface area contributed by atoms with Crippen molar-refractivity contribution >= 4 is 33.2 Å². The Morgan fingerprint density at radius 3 is 2.50 bits per heavy atom. The van der Waals surface area contributed by atoms with Crippen LogP contribution in [-0.2, 0) is 19.5 Å². The van der Waals surface area contributed by atoms with Crippen LogP contribution in [0.3, 0.4) is 0 Å². The Morgan fingerprint density at radius 2 is 1.84 bits per heavy atom. The van der Waals surface area contributed by atoms with E-state index < -0.39 is 33.1 Å². The summed E-state index contributed by atoms with van der Waals surface area (Å²) >= 11 is 5.97. The van der Waals surface area contributed by atoms with Crippen LogP contribution in [0.4, 0.5) is 10.1 Å². The Kier molecular flexibility index (Phi) is 6.42. The first-order chi connectivity index (χ1) is 15.2. The first-order valence-corrected chi connectivity index (χ1v) is 11.8. The molecule has 1 N–H and O–H groups in total. The number of hydrogen-bond acceptors (Lipinski definition) is 6. The van der Waals surface area contributed by atoms with E-state index in [9.17, 15) is 17.6 Å². The highest BCUT2D eigenvalue weighted by Gasteiger charge is 2.42. The maximum Gasteiger partial charge on any atom is 0.258 e. The number of piperidine rings is 1. The van der Waals surface area contributed by atoms with Crippen molar-refractivity contribution in [1.82, 2.24) is 4.31 Å². The van der Waals surface area contributed by atoms with Crippen molar-refractivity contribution in [3.05, 3.63) is 52.8 Å². The van der Waals surface area contributed by atoms with Gasteiger partial charge in [0.1, 0.15) is 11.6 Å². The average Bonchev–Trinajstić information content (AvgIpc) is 3.22. The molecule has 11 heteroatoms. The maximum atomic E-state index is 14.5. The number of benzene rings is 2. The number of anilines is 1. The summed E-state index contributed by atoms with van der Waals surface area (Å²) in [5.41, 5.74) is -0.181. The molecule has 0 atom stereocenters. The van der Waals surface area contributed by atoms with Gasteiger partial charge in [0.15, 0.2) is 5.79 Å². The van der Waals surface area contributed by atoms with Gasteiger partial charge in [-0.15, -0.1) is 0 Å². The van der Waals surface area contributed by atoms with Crippen LogP contribution in [0.25, 0.3) is 0 Å². The number of nitrogens with zero attached hydrogens (tertiary/aromatic N) is 1. The van der Waals surface area contributed by atoms with Gasteiger partial charge in [-0.05, 0) is 36.4 Å². The van der Waals surface area contributed by atoms with Gasteiger partial charge in [0.25, 0.3) is 5.91 Å². The number of nitrogens with one attached hydrogen (secondary N) is 1. The highest BCUT2D eigenvalue weighted by atomic mass is 35.5. The van der Waals surface area contributed by atoms with Gasteiger partial charge < -0.3 is 19.5 Å². The summed E-state index contributed by atoms with van der Waals surface area (Å²) in [6.45, 7) is 1.36. The molecule has 0 aliphatic carbocycles. The van der Waals surface area contributed by atoms with Crippen LogP contribution in [0, 0.1) is 5.82 Å². The smallest absolute Gasteiger partial charge is 0.258 e. The molecule has 2 aromatic rings. The number of ether oxygens (including phenoxy) is 3. The molecule has 0 saturated carbocycles. The molecule has 32 heavy (non-hydrogen) atoms. The van der Waals surface area contributed by atoms with E-state index in [0.29, 0.717) is 36.8 Å². The Hall–Kier alpha value is -2.24. The number of sulfonamides is 1. The van der Waals surface area contributed by atoms with E-state index in [1.165, 1.54) is 17.5 Å². The van der Waals surface area contributed by atoms with E-state index in [4.69, 9.17) is 25.8 Å². The normalized spacial score (nSPS) is 18.6. The first kappa shape index (κ1) is 22.9. The molecule has 0 radical (unpaired) electrons. The molecule has 1 spiro atoms. The number of halogens is 2. The zero-order valence-electron chi connectivity index (χ0n) is 17.3. The van der Waals surface area contributed by atoms with Crippen LogP contribution >= 0.6 is 11.6 Å². The van der Waals surface area contributed by atoms with Crippen LogP contribution in [0.15, 0.2) is 41.3 Å². The van der Waals surface area contributed by atoms with Crippen molar-refractivity contribution in [2.24, 2.45) is 0 Å². The van der Waals surface area contributed by atoms with Crippen LogP contribution < -0.4 is 10.1 Å². The van der Waals surface area contributed by atoms with Crippen molar-refractivity contribution < 1.29 is 31.8 Å². The van der Waals surface area contributed by atoms with Crippen molar-refractivity contribution in [2.75, 3.05) is 38.7 Å². The molecular formula is C21H22ClFN2O6S. The average molecular weight is 485 g/mol. The molecule has 2 heterocycles. The van der Waals surface area contributed by atoms with Gasteiger partial charge in [0.2, 0.25) is 10.0 Å². The van der Waals surface area contributed by atoms with E-state index in [0.717, 1.165) is 18.2 Å². The van der Waals surface area contributed by atoms with Gasteiger partial charge >= 0.3 is 0 Å². The molecule has 2 aliphatic heterocycles. The number of carbonyl (C=O) groups excluding carboxylic acids is 1. The first-order valence-electron chi connectivity index (χ1n) is 9.97. The fourth-order valence-electron chi connectivity index (χ4n) is 3.81. The quantitative estimate of drug-likeness (QED) is 0.700. The zero-order chi connectivity index (χ0) is 22.9. The van der Waals surface area contributed by atoms with Crippen LogP contribution in [-0.4, -0.2) is 57.8 Å². The molecule has 1 amide bonds. The summed E-state index contributed by atoms with van der Waals surface area (Å²) < 4.78 is 58.4. The largest absolute Gasteiger partial charge is 0.495 e. The maximum absolute atomic E-state index is 14.5. The summed E-state index contributed by atoms with van der Waals surface area (Å²) in [6, 6.07) is 7.72. The molecule has 2 saturated heterocycles. The summed E-state index contributed by atoms with van der Waals surface area (Å²) in [7, 11) is -2.53. The molecule has 8 nitrogen and oxygen atoms in total. The van der Waals surface area contributed by atoms with Crippen LogP contribution in [0.2, 0.25) is 5.02 Å². The lowest BCUT2D eigenvalue weighted by molar-refractivity contribution is -0.179. The standard InChI is InChI=1S/C21H22ClFN2O6S/c1-29-19-5-2-14(22)12-18(19)24-20(26)16-13-15(3-4-17(16)23)32(27,28)25-8-6-21(7-9-25)30-10-11-31-21/h2-5,12-13H,6-11H2,1H3,(H,24,26). The lowest BCUT2D eigenvalue weighted by Crippen LogP contribution is -2.47. The van der Waals surface area contributed by atoms with Crippen LogP contribution in [0.1, 0.15) is 23.2 Å². The Morgan fingerprint density at radius 1 is 1.16 bits per heavy atom. The van der Waals surface area contributed by atoms with Gasteiger partial charge in [0.05, 0.1) is 36.5 Å². The number of rotatable bonds is 5. The molecule has 172 valence electrons. The Balaban J connectivity index is 1.56. The zero-order valence-corrected chi connectivity index (χ0v) is 18.8. The summed E-state index contributed by atoms with van der Waals surface area (Å²) in [6.07, 6.45) is 0.796. The number of carbonyl (C=O) groups is 1. The lowest BCUT2D eigenvalue weighted by atomic mass is 10.1. The molecule has 2 aromatic carbocycles. The summed E-state index contributed by atoms with van der Waals surface area (Å²) in [5.74, 6) is -2.08. The van der Waals surface area contributed by atoms with Crippen molar-refractivity contribution in [1.29, 1.82) is 0 Å². The van der Waals surface area contributed by atoms with Crippen molar-refractivity contribution in [3.8, 4) is 5.75 Å². The Labute approximate surface area is 190 Å². The molecular weight excluding hydrogens is 463 g/mol. The Bertz CT molecular complexity index is 1130. The molecule has 0 unspecified atom stereocenters. The number of methoxy groups -OCH3 is 1. The number of amides is 1. The van der Waals surface area contributed by atoms with Gasteiger partial charge in [-0.3, -0.25) is 4.79 Å². The van der Waals surface area contributed by atoms with E-state index in [1.807, 2.05) is 0 Å². The lowest BCUT2D eigenvalue weighted by Gasteiger charge is -2.36. The molecule has 2 fully saturated rings. The highest BCUT2D eigenvalue weighted by molar-refractivity contribution is 7.89. The SMILES string of the molecule is COc1ccc(Cl)cc1NC(=O)c1cc(S(=O)(=O)N2CCC3(CC2)OCCO3)ccc1F. The third-order valence-electron chi connectivity index (χ3n) is 5.53. The predicted molar refractivity (Wildman–Crippen MR) is 115 cm³/mol. The third-order valence-corrected chi connectivity index (χ3v) is 7.66. The predicted octanol–water partition coefficient (Wildman–Crippen LogP) is 3.27. The summed E-state index contributed by atoms with van der Waals surface area (Å²) in [5, 5.41) is 2.86. The highest BCUT2D eigenvalue weighted by Crippen LogP contribution is 2.34. The molecule has 0 bridgehead atoms. The molecule has 2 aliphatic rings.